The van der Waals surface area contributed by atoms with Gasteiger partial charge >= 0.3 is 0 Å². The van der Waals surface area contributed by atoms with E-state index in [1.165, 1.54) is 6.33 Å². The molecule has 1 fully saturated rings. The molecule has 0 radical (unpaired) electrons. The Labute approximate surface area is 98.2 Å². The molecule has 1 aliphatic rings. The number of hydrogen-bond acceptors (Lipinski definition) is 4. The third kappa shape index (κ3) is 2.49. The molecule has 2 N–H and O–H groups in total. The number of hydrogen-bond donors (Lipinski definition) is 1. The lowest BCUT2D eigenvalue weighted by Gasteiger charge is -2.28. The fourth-order valence-corrected chi connectivity index (χ4v) is 2.72. The molecule has 1 aromatic heterocycles. The van der Waals surface area contributed by atoms with Crippen LogP contribution in [0, 0.1) is 0 Å². The number of nitrogens with zero attached hydrogens (tertiary/aromatic N) is 3. The van der Waals surface area contributed by atoms with Gasteiger partial charge in [0.1, 0.15) is 12.2 Å². The Hall–Kier alpha value is -0.610. The van der Waals surface area contributed by atoms with Gasteiger partial charge in [-0.3, -0.25) is 0 Å². The maximum absolute atomic E-state index is 6.24. The topological polar surface area (TPSA) is 64.7 Å². The highest BCUT2D eigenvalue weighted by molar-refractivity contribution is 6.24. The van der Waals surface area contributed by atoms with Crippen molar-refractivity contribution in [2.75, 3.05) is 5.73 Å². The van der Waals surface area contributed by atoms with E-state index in [4.69, 9.17) is 28.9 Å². The summed E-state index contributed by atoms with van der Waals surface area (Å²) >= 11 is 12.3. The molecular formula is C9H12Cl2N4. The molecule has 6 heteroatoms. The minimum absolute atomic E-state index is 0.0111. The van der Waals surface area contributed by atoms with Gasteiger partial charge in [0.2, 0.25) is 5.95 Å². The van der Waals surface area contributed by atoms with Crippen LogP contribution in [0.5, 0.6) is 0 Å². The monoisotopic (exact) mass is 246 g/mol. The first-order valence-corrected chi connectivity index (χ1v) is 5.76. The maximum atomic E-state index is 6.24. The SMILES string of the molecule is Nc1ncnc(C2CCC(Cl)CC2Cl)n1. The zero-order chi connectivity index (χ0) is 10.8. The molecule has 0 aromatic carbocycles. The van der Waals surface area contributed by atoms with Gasteiger partial charge in [-0.05, 0) is 19.3 Å². The Morgan fingerprint density at radius 2 is 2.07 bits per heavy atom. The molecule has 0 saturated heterocycles. The summed E-state index contributed by atoms with van der Waals surface area (Å²) in [5.74, 6) is 1.08. The molecule has 0 amide bonds. The smallest absolute Gasteiger partial charge is 0.223 e. The molecule has 0 bridgehead atoms. The van der Waals surface area contributed by atoms with E-state index in [0.29, 0.717) is 5.82 Å². The van der Waals surface area contributed by atoms with E-state index >= 15 is 0 Å². The normalized spacial score (nSPS) is 31.5. The molecule has 3 unspecified atom stereocenters. The van der Waals surface area contributed by atoms with E-state index < -0.39 is 0 Å². The number of anilines is 1. The Kier molecular flexibility index (Phi) is 3.26. The average molecular weight is 247 g/mol. The maximum Gasteiger partial charge on any atom is 0.223 e. The van der Waals surface area contributed by atoms with Crippen molar-refractivity contribution in [1.29, 1.82) is 0 Å². The van der Waals surface area contributed by atoms with E-state index in [9.17, 15) is 0 Å². The third-order valence-electron chi connectivity index (χ3n) is 2.65. The number of alkyl halides is 2. The van der Waals surface area contributed by atoms with Gasteiger partial charge in [0, 0.05) is 16.7 Å². The van der Waals surface area contributed by atoms with Crippen molar-refractivity contribution < 1.29 is 0 Å². The first-order chi connectivity index (χ1) is 7.16. The number of rotatable bonds is 1. The summed E-state index contributed by atoms with van der Waals surface area (Å²) in [4.78, 5) is 12.0. The van der Waals surface area contributed by atoms with E-state index in [0.717, 1.165) is 19.3 Å². The lowest BCUT2D eigenvalue weighted by molar-refractivity contribution is 0.440. The van der Waals surface area contributed by atoms with Crippen molar-refractivity contribution in [3.8, 4) is 0 Å². The quantitative estimate of drug-likeness (QED) is 0.770. The number of aromatic nitrogens is 3. The molecule has 82 valence electrons. The van der Waals surface area contributed by atoms with Crippen LogP contribution in [0.2, 0.25) is 0 Å². The van der Waals surface area contributed by atoms with Gasteiger partial charge in [-0.25, -0.2) is 9.97 Å². The second-order valence-electron chi connectivity index (χ2n) is 3.73. The molecule has 1 saturated carbocycles. The van der Waals surface area contributed by atoms with Gasteiger partial charge < -0.3 is 5.73 Å². The van der Waals surface area contributed by atoms with Crippen molar-refractivity contribution in [2.24, 2.45) is 0 Å². The fourth-order valence-electron chi connectivity index (χ4n) is 1.86. The van der Waals surface area contributed by atoms with Crippen LogP contribution in [0.15, 0.2) is 6.33 Å². The summed E-state index contributed by atoms with van der Waals surface area (Å²) in [6, 6.07) is 0. The summed E-state index contributed by atoms with van der Waals surface area (Å²) < 4.78 is 0. The Balaban J connectivity index is 2.17. The summed E-state index contributed by atoms with van der Waals surface area (Å²) in [5.41, 5.74) is 5.51. The van der Waals surface area contributed by atoms with Crippen molar-refractivity contribution in [1.82, 2.24) is 15.0 Å². The molecule has 1 aliphatic carbocycles. The molecule has 1 aromatic rings. The highest BCUT2D eigenvalue weighted by Gasteiger charge is 2.31. The molecule has 4 nitrogen and oxygen atoms in total. The average Bonchev–Trinajstić information content (AvgIpc) is 2.17. The Morgan fingerprint density at radius 1 is 1.27 bits per heavy atom. The predicted octanol–water partition coefficient (Wildman–Crippen LogP) is 1.94. The van der Waals surface area contributed by atoms with Crippen molar-refractivity contribution >= 4 is 29.2 Å². The molecule has 1 heterocycles. The predicted molar refractivity (Wildman–Crippen MR) is 60.1 cm³/mol. The van der Waals surface area contributed by atoms with Crippen LogP contribution < -0.4 is 5.73 Å². The van der Waals surface area contributed by atoms with Crippen LogP contribution in [-0.2, 0) is 0 Å². The molecule has 15 heavy (non-hydrogen) atoms. The van der Waals surface area contributed by atoms with Gasteiger partial charge in [0.25, 0.3) is 0 Å². The van der Waals surface area contributed by atoms with Crippen molar-refractivity contribution in [2.45, 2.75) is 35.9 Å². The van der Waals surface area contributed by atoms with Crippen LogP contribution in [0.4, 0.5) is 5.95 Å². The summed E-state index contributed by atoms with van der Waals surface area (Å²) in [6.07, 6.45) is 4.07. The van der Waals surface area contributed by atoms with E-state index in [-0.39, 0.29) is 22.6 Å². The molecule has 0 spiro atoms. The fraction of sp³-hybridized carbons (Fsp3) is 0.667. The lowest BCUT2D eigenvalue weighted by atomic mass is 9.88. The van der Waals surface area contributed by atoms with Crippen LogP contribution >= 0.6 is 23.2 Å². The number of nitrogens with two attached hydrogens (primary N) is 1. The highest BCUT2D eigenvalue weighted by atomic mass is 35.5. The van der Waals surface area contributed by atoms with E-state index in [1.54, 1.807) is 0 Å². The molecule has 0 aliphatic heterocycles. The zero-order valence-corrected chi connectivity index (χ0v) is 9.62. The first kappa shape index (κ1) is 10.9. The molecule has 2 rings (SSSR count). The second-order valence-corrected chi connectivity index (χ2v) is 4.91. The number of nitrogen functional groups attached to an aromatic ring is 1. The minimum atomic E-state index is -0.0111. The lowest BCUT2D eigenvalue weighted by Crippen LogP contribution is -2.26. The Morgan fingerprint density at radius 3 is 2.73 bits per heavy atom. The van der Waals surface area contributed by atoms with Gasteiger partial charge in [0.05, 0.1) is 0 Å². The first-order valence-electron chi connectivity index (χ1n) is 4.89. The van der Waals surface area contributed by atoms with Gasteiger partial charge in [0.15, 0.2) is 0 Å². The summed E-state index contributed by atoms with van der Waals surface area (Å²) in [6.45, 7) is 0. The van der Waals surface area contributed by atoms with Crippen molar-refractivity contribution in [3.05, 3.63) is 12.2 Å². The van der Waals surface area contributed by atoms with Gasteiger partial charge in [-0.15, -0.1) is 23.2 Å². The zero-order valence-electron chi connectivity index (χ0n) is 8.11. The summed E-state index contributed by atoms with van der Waals surface area (Å²) in [7, 11) is 0. The minimum Gasteiger partial charge on any atom is -0.368 e. The van der Waals surface area contributed by atoms with Crippen LogP contribution in [0.1, 0.15) is 31.0 Å². The van der Waals surface area contributed by atoms with Crippen LogP contribution in [0.3, 0.4) is 0 Å². The van der Waals surface area contributed by atoms with Crippen LogP contribution in [0.25, 0.3) is 0 Å². The highest BCUT2D eigenvalue weighted by Crippen LogP contribution is 2.36. The third-order valence-corrected chi connectivity index (χ3v) is 3.53. The standard InChI is InChI=1S/C9H12Cl2N4/c10-5-1-2-6(7(11)3-5)8-13-4-14-9(12)15-8/h4-7H,1-3H2,(H2,12,13,14,15). The van der Waals surface area contributed by atoms with Gasteiger partial charge in [-0.2, -0.15) is 4.98 Å². The van der Waals surface area contributed by atoms with Crippen molar-refractivity contribution in [3.63, 3.8) is 0 Å². The Bertz CT molecular complexity index is 347. The second kappa shape index (κ2) is 4.49. The molecular weight excluding hydrogens is 235 g/mol. The number of halogens is 2. The van der Waals surface area contributed by atoms with E-state index in [2.05, 4.69) is 15.0 Å². The van der Waals surface area contributed by atoms with E-state index in [1.807, 2.05) is 0 Å². The summed E-state index contributed by atoms with van der Waals surface area (Å²) in [5, 5.41) is 0.158. The largest absolute Gasteiger partial charge is 0.368 e. The molecule has 3 atom stereocenters. The van der Waals surface area contributed by atoms with Gasteiger partial charge in [-0.1, -0.05) is 0 Å². The van der Waals surface area contributed by atoms with Crippen LogP contribution in [-0.4, -0.2) is 25.7 Å².